The molecule has 0 bridgehead atoms. The number of piperidine rings is 2. The molecule has 2 atom stereocenters. The SMILES string of the molecule is O=C1CCC(N2Cc3nc([C@@]4(O)CCN(Cc5ccc(C(F)(F)F)cc5)CC45CCC(F)(F)CC5)ccc3C2=O)C(=O)N1. The number of alkyl halides is 5. The first-order valence-electron chi connectivity index (χ1n) is 14.3. The van der Waals surface area contributed by atoms with E-state index < -0.39 is 65.3 Å². The van der Waals surface area contributed by atoms with Crippen molar-refractivity contribution in [2.45, 2.75) is 81.8 Å². The predicted octanol–water partition coefficient (Wildman–Crippen LogP) is 4.15. The zero-order chi connectivity index (χ0) is 30.8. The predicted molar refractivity (Wildman–Crippen MR) is 141 cm³/mol. The van der Waals surface area contributed by atoms with E-state index in [1.807, 2.05) is 4.90 Å². The van der Waals surface area contributed by atoms with Crippen LogP contribution in [0.1, 0.15) is 77.8 Å². The van der Waals surface area contributed by atoms with Crippen molar-refractivity contribution in [3.8, 4) is 0 Å². The maximum Gasteiger partial charge on any atom is 0.416 e. The van der Waals surface area contributed by atoms with Crippen LogP contribution in [0, 0.1) is 5.41 Å². The summed E-state index contributed by atoms with van der Waals surface area (Å²) in [6.45, 7) is 0.880. The summed E-state index contributed by atoms with van der Waals surface area (Å²) in [7, 11) is 0. The lowest BCUT2D eigenvalue weighted by atomic mass is 9.58. The first-order chi connectivity index (χ1) is 20.2. The largest absolute Gasteiger partial charge is 0.416 e. The molecule has 3 aliphatic heterocycles. The highest BCUT2D eigenvalue weighted by Crippen LogP contribution is 2.57. The lowest BCUT2D eigenvalue weighted by Gasteiger charge is -2.56. The van der Waals surface area contributed by atoms with Crippen molar-refractivity contribution < 1.29 is 41.4 Å². The third-order valence-corrected chi connectivity index (χ3v) is 9.62. The third-order valence-electron chi connectivity index (χ3n) is 9.62. The zero-order valence-electron chi connectivity index (χ0n) is 23.2. The number of imide groups is 1. The standard InChI is InChI=1S/C30H31F5N4O4/c31-28(32)11-9-27(10-12-28)17-38(15-18-1-3-19(4-2-18)30(33,34)35)14-13-29(27,43)23-7-5-20-21(36-23)16-39(26(20)42)22-6-8-24(40)37-25(22)41/h1-5,7,22,43H,6,8-17H2,(H,37,40,41)/t22?,29-/m0/s1. The van der Waals surface area contributed by atoms with E-state index in [0.717, 1.165) is 12.1 Å². The number of carbonyl (C=O) groups is 3. The fourth-order valence-corrected chi connectivity index (χ4v) is 7.15. The number of aliphatic hydroxyl groups is 1. The topological polar surface area (TPSA) is 103 Å². The van der Waals surface area contributed by atoms with Crippen molar-refractivity contribution in [3.63, 3.8) is 0 Å². The van der Waals surface area contributed by atoms with Gasteiger partial charge in [-0.1, -0.05) is 12.1 Å². The summed E-state index contributed by atoms with van der Waals surface area (Å²) in [5.41, 5.74) is -1.81. The zero-order valence-corrected chi connectivity index (χ0v) is 23.2. The minimum atomic E-state index is -4.45. The molecular weight excluding hydrogens is 575 g/mol. The van der Waals surface area contributed by atoms with E-state index in [2.05, 4.69) is 10.3 Å². The number of pyridine rings is 1. The van der Waals surface area contributed by atoms with Gasteiger partial charge >= 0.3 is 6.18 Å². The molecule has 230 valence electrons. The molecule has 13 heteroatoms. The normalized spacial score (nSPS) is 27.3. The van der Waals surface area contributed by atoms with Crippen molar-refractivity contribution in [2.75, 3.05) is 13.1 Å². The summed E-state index contributed by atoms with van der Waals surface area (Å²) >= 11 is 0. The van der Waals surface area contributed by atoms with E-state index in [0.29, 0.717) is 24.3 Å². The molecule has 1 saturated carbocycles. The second kappa shape index (κ2) is 10.3. The third kappa shape index (κ3) is 5.30. The number of nitrogens with one attached hydrogen (secondary N) is 1. The molecular formula is C30H31F5N4O4. The van der Waals surface area contributed by atoms with Crippen LogP contribution in [0.25, 0.3) is 0 Å². The minimum Gasteiger partial charge on any atom is -0.383 e. The molecule has 0 radical (unpaired) electrons. The summed E-state index contributed by atoms with van der Waals surface area (Å²) in [5, 5.41) is 14.6. The molecule has 1 aromatic heterocycles. The summed E-state index contributed by atoms with van der Waals surface area (Å²) in [5.74, 6) is -4.24. The van der Waals surface area contributed by atoms with Crippen LogP contribution in [-0.4, -0.2) is 62.7 Å². The van der Waals surface area contributed by atoms with Crippen LogP contribution in [0.5, 0.6) is 0 Å². The number of fused-ring (bicyclic) bond motifs is 1. The Hall–Kier alpha value is -3.45. The fourth-order valence-electron chi connectivity index (χ4n) is 7.15. The molecule has 2 N–H and O–H groups in total. The van der Waals surface area contributed by atoms with Crippen molar-refractivity contribution in [1.29, 1.82) is 0 Å². The number of hydrogen-bond acceptors (Lipinski definition) is 6. The van der Waals surface area contributed by atoms with Crippen LogP contribution in [0.2, 0.25) is 0 Å². The second-order valence-corrected chi connectivity index (χ2v) is 12.2. The molecule has 1 aliphatic carbocycles. The van der Waals surface area contributed by atoms with Crippen molar-refractivity contribution in [3.05, 3.63) is 64.5 Å². The second-order valence-electron chi connectivity index (χ2n) is 12.2. The number of amides is 3. The average molecular weight is 607 g/mol. The van der Waals surface area contributed by atoms with Gasteiger partial charge in [0.05, 0.1) is 29.1 Å². The van der Waals surface area contributed by atoms with Gasteiger partial charge in [0.25, 0.3) is 5.91 Å². The van der Waals surface area contributed by atoms with E-state index in [4.69, 9.17) is 0 Å². The van der Waals surface area contributed by atoms with Crippen LogP contribution in [0.3, 0.4) is 0 Å². The molecule has 1 spiro atoms. The molecule has 8 nitrogen and oxygen atoms in total. The molecule has 4 aliphatic rings. The van der Waals surface area contributed by atoms with Crippen molar-refractivity contribution in [2.24, 2.45) is 5.41 Å². The van der Waals surface area contributed by atoms with E-state index >= 15 is 0 Å². The Balaban J connectivity index is 1.26. The molecule has 43 heavy (non-hydrogen) atoms. The minimum absolute atomic E-state index is 0.00941. The maximum atomic E-state index is 14.4. The van der Waals surface area contributed by atoms with Crippen LogP contribution in [0.4, 0.5) is 22.0 Å². The summed E-state index contributed by atoms with van der Waals surface area (Å²) in [6, 6.07) is 7.10. The van der Waals surface area contributed by atoms with E-state index in [1.165, 1.54) is 17.0 Å². The monoisotopic (exact) mass is 606 g/mol. The molecule has 2 saturated heterocycles. The first-order valence-corrected chi connectivity index (χ1v) is 14.3. The lowest BCUT2D eigenvalue weighted by Crippen LogP contribution is -2.60. The number of halogens is 5. The van der Waals surface area contributed by atoms with Crippen LogP contribution >= 0.6 is 0 Å². The lowest BCUT2D eigenvalue weighted by molar-refractivity contribution is -0.189. The molecule has 2 aromatic rings. The van der Waals surface area contributed by atoms with Crippen LogP contribution in [-0.2, 0) is 34.5 Å². The molecule has 3 amide bonds. The summed E-state index contributed by atoms with van der Waals surface area (Å²) < 4.78 is 67.8. The Bertz CT molecular complexity index is 1450. The van der Waals surface area contributed by atoms with Crippen molar-refractivity contribution >= 4 is 17.7 Å². The number of benzene rings is 1. The smallest absolute Gasteiger partial charge is 0.383 e. The number of rotatable bonds is 4. The quantitative estimate of drug-likeness (QED) is 0.401. The Morgan fingerprint density at radius 2 is 1.67 bits per heavy atom. The van der Waals surface area contributed by atoms with Crippen LogP contribution < -0.4 is 5.32 Å². The first kappa shape index (κ1) is 29.6. The van der Waals surface area contributed by atoms with Gasteiger partial charge < -0.3 is 10.0 Å². The molecule has 6 rings (SSSR count). The Morgan fingerprint density at radius 3 is 2.33 bits per heavy atom. The van der Waals surface area contributed by atoms with Gasteiger partial charge in [0, 0.05) is 44.3 Å². The number of nitrogens with zero attached hydrogens (tertiary/aromatic N) is 3. The highest BCUT2D eigenvalue weighted by molar-refractivity contribution is 6.05. The van der Waals surface area contributed by atoms with Gasteiger partial charge in [-0.3, -0.25) is 29.6 Å². The number of likely N-dealkylation sites (tertiary alicyclic amines) is 1. The number of hydrogen-bond donors (Lipinski definition) is 2. The van der Waals surface area contributed by atoms with Crippen LogP contribution in [0.15, 0.2) is 36.4 Å². The highest BCUT2D eigenvalue weighted by Gasteiger charge is 2.59. The fraction of sp³-hybridized carbons (Fsp3) is 0.533. The average Bonchev–Trinajstić information content (AvgIpc) is 3.27. The molecule has 1 unspecified atom stereocenters. The van der Waals surface area contributed by atoms with E-state index in [-0.39, 0.29) is 56.5 Å². The Kier molecular flexibility index (Phi) is 7.11. The summed E-state index contributed by atoms with van der Waals surface area (Å²) in [4.78, 5) is 45.2. The molecule has 1 aromatic carbocycles. The van der Waals surface area contributed by atoms with Gasteiger partial charge in [-0.05, 0) is 55.5 Å². The van der Waals surface area contributed by atoms with Gasteiger partial charge in [0.1, 0.15) is 11.6 Å². The van der Waals surface area contributed by atoms with E-state index in [1.54, 1.807) is 12.1 Å². The number of aromatic nitrogens is 1. The highest BCUT2D eigenvalue weighted by atomic mass is 19.4. The summed E-state index contributed by atoms with van der Waals surface area (Å²) in [6.07, 6.45) is -4.83. The van der Waals surface area contributed by atoms with E-state index in [9.17, 15) is 41.4 Å². The Morgan fingerprint density at radius 1 is 0.977 bits per heavy atom. The van der Waals surface area contributed by atoms with Gasteiger partial charge in [-0.15, -0.1) is 0 Å². The molecule has 4 heterocycles. The van der Waals surface area contributed by atoms with Gasteiger partial charge in [0.15, 0.2) is 0 Å². The van der Waals surface area contributed by atoms with Gasteiger partial charge in [-0.25, -0.2) is 8.78 Å². The molecule has 3 fully saturated rings. The Labute approximate surface area is 244 Å². The van der Waals surface area contributed by atoms with Gasteiger partial charge in [0.2, 0.25) is 17.7 Å². The maximum absolute atomic E-state index is 14.4. The number of carbonyl (C=O) groups excluding carboxylic acids is 3. The van der Waals surface area contributed by atoms with Gasteiger partial charge in [-0.2, -0.15) is 13.2 Å². The van der Waals surface area contributed by atoms with Crippen molar-refractivity contribution in [1.82, 2.24) is 20.1 Å².